The van der Waals surface area contributed by atoms with Crippen molar-refractivity contribution < 1.29 is 4.92 Å². The Morgan fingerprint density at radius 1 is 1.47 bits per heavy atom. The van der Waals surface area contributed by atoms with E-state index in [2.05, 4.69) is 0 Å². The third-order valence-electron chi connectivity index (χ3n) is 1.68. The Labute approximate surface area is 101 Å². The molecule has 1 aromatic rings. The number of nitro groups is 1. The number of allylic oxidation sites excluding steroid dienone is 1. The van der Waals surface area contributed by atoms with Crippen LogP contribution in [0.1, 0.15) is 5.56 Å². The van der Waals surface area contributed by atoms with E-state index < -0.39 is 4.92 Å². The normalized spacial score (nSPS) is 12.2. The molecule has 3 nitrogen and oxygen atoms in total. The van der Waals surface area contributed by atoms with Crippen molar-refractivity contribution in [3.8, 4) is 0 Å². The number of benzene rings is 1. The van der Waals surface area contributed by atoms with Gasteiger partial charge in [0, 0.05) is 10.6 Å². The van der Waals surface area contributed by atoms with Crippen LogP contribution in [0.3, 0.4) is 0 Å². The average molecular weight is 267 g/mol. The third kappa shape index (κ3) is 3.09. The second-order valence-electron chi connectivity index (χ2n) is 2.66. The molecule has 0 unspecified atom stereocenters. The highest BCUT2D eigenvalue weighted by Crippen LogP contribution is 2.26. The van der Waals surface area contributed by atoms with Crippen LogP contribution in [-0.2, 0) is 0 Å². The van der Waals surface area contributed by atoms with Gasteiger partial charge in [-0.2, -0.15) is 0 Å². The predicted octanol–water partition coefficient (Wildman–Crippen LogP) is 3.76. The number of halogens is 3. The largest absolute Gasteiger partial charge is 0.279 e. The maximum atomic E-state index is 10.6. The fourth-order valence-electron chi connectivity index (χ4n) is 0.979. The molecule has 1 rings (SSSR count). The van der Waals surface area contributed by atoms with Crippen molar-refractivity contribution in [2.24, 2.45) is 0 Å². The van der Waals surface area contributed by atoms with Gasteiger partial charge in [0.15, 0.2) is 0 Å². The van der Waals surface area contributed by atoms with E-state index >= 15 is 0 Å². The highest BCUT2D eigenvalue weighted by atomic mass is 35.5. The summed E-state index contributed by atoms with van der Waals surface area (Å²) in [6, 6.07) is 6.48. The highest BCUT2D eigenvalue weighted by molar-refractivity contribution is 6.49. The van der Waals surface area contributed by atoms with E-state index in [4.69, 9.17) is 34.8 Å². The molecule has 0 spiro atoms. The molecule has 0 aromatic heterocycles. The first-order chi connectivity index (χ1) is 7.06. The molecule has 0 bridgehead atoms. The average Bonchev–Trinajstić information content (AvgIpc) is 2.18. The summed E-state index contributed by atoms with van der Waals surface area (Å²) in [5.41, 5.74) is 0.247. The summed E-state index contributed by atoms with van der Waals surface area (Å²) >= 11 is 17.0. The van der Waals surface area contributed by atoms with Crippen LogP contribution in [0.25, 0.3) is 5.03 Å². The second-order valence-corrected chi connectivity index (χ2v) is 3.74. The van der Waals surface area contributed by atoms with E-state index in [0.29, 0.717) is 10.6 Å². The molecule has 0 saturated heterocycles. The molecule has 0 atom stereocenters. The molecule has 0 aliphatic carbocycles. The Kier molecular flexibility index (Phi) is 4.39. The maximum Gasteiger partial charge on any atom is 0.279 e. The predicted molar refractivity (Wildman–Crippen MR) is 61.9 cm³/mol. The summed E-state index contributed by atoms with van der Waals surface area (Å²) < 4.78 is 0. The lowest BCUT2D eigenvalue weighted by atomic mass is 10.2. The molecule has 0 heterocycles. The fraction of sp³-hybridized carbons (Fsp3) is 0.111. The lowest BCUT2D eigenvalue weighted by molar-refractivity contribution is -0.422. The number of rotatable bonds is 3. The number of nitrogens with zero attached hydrogens (tertiary/aromatic N) is 1. The van der Waals surface area contributed by atoms with Crippen molar-refractivity contribution in [2.45, 2.75) is 0 Å². The first-order valence-electron chi connectivity index (χ1n) is 3.91. The van der Waals surface area contributed by atoms with Gasteiger partial charge in [0.1, 0.15) is 10.9 Å². The summed E-state index contributed by atoms with van der Waals surface area (Å²) in [5, 5.41) is 11.0. The molecular formula is C9H6Cl3NO2. The summed E-state index contributed by atoms with van der Waals surface area (Å²) in [6.45, 7) is 0. The van der Waals surface area contributed by atoms with E-state index in [1.807, 2.05) is 0 Å². The highest BCUT2D eigenvalue weighted by Gasteiger charge is 2.17. The Morgan fingerprint density at radius 3 is 2.60 bits per heavy atom. The zero-order valence-corrected chi connectivity index (χ0v) is 9.68. The monoisotopic (exact) mass is 265 g/mol. The first-order valence-corrected chi connectivity index (χ1v) is 5.20. The maximum absolute atomic E-state index is 10.6. The number of hydrogen-bond acceptors (Lipinski definition) is 2. The van der Waals surface area contributed by atoms with Crippen molar-refractivity contribution in [1.29, 1.82) is 0 Å². The van der Waals surface area contributed by atoms with E-state index in [1.165, 1.54) is 0 Å². The van der Waals surface area contributed by atoms with Crippen LogP contribution < -0.4 is 0 Å². The summed E-state index contributed by atoms with van der Waals surface area (Å²) in [5.74, 6) is -0.252. The minimum absolute atomic E-state index is 0.0116. The molecule has 0 N–H and O–H groups in total. The van der Waals surface area contributed by atoms with Gasteiger partial charge >= 0.3 is 0 Å². The van der Waals surface area contributed by atoms with Gasteiger partial charge in [-0.15, -0.1) is 11.6 Å². The van der Waals surface area contributed by atoms with Crippen LogP contribution in [-0.4, -0.2) is 10.8 Å². The lowest BCUT2D eigenvalue weighted by Crippen LogP contribution is -2.02. The molecule has 0 saturated carbocycles. The Hall–Kier alpha value is -0.770. The van der Waals surface area contributed by atoms with Crippen LogP contribution in [0.15, 0.2) is 30.0 Å². The van der Waals surface area contributed by atoms with E-state index in [1.54, 1.807) is 24.3 Å². The van der Waals surface area contributed by atoms with Gasteiger partial charge in [-0.05, 0) is 12.1 Å². The quantitative estimate of drug-likeness (QED) is 0.475. The van der Waals surface area contributed by atoms with Gasteiger partial charge in [0.05, 0.1) is 4.92 Å². The fourth-order valence-corrected chi connectivity index (χ4v) is 1.72. The van der Waals surface area contributed by atoms with Gasteiger partial charge in [-0.3, -0.25) is 10.1 Å². The molecule has 6 heteroatoms. The molecule has 1 aromatic carbocycles. The SMILES string of the molecule is O=[N+]([O-])C(CCl)=C(Cl)c1cccc(Cl)c1. The van der Waals surface area contributed by atoms with Gasteiger partial charge < -0.3 is 0 Å². The lowest BCUT2D eigenvalue weighted by Gasteiger charge is -2.00. The Bertz CT molecular complexity index is 418. The van der Waals surface area contributed by atoms with E-state index in [9.17, 15) is 10.1 Å². The molecule has 0 aliphatic rings. The van der Waals surface area contributed by atoms with Gasteiger partial charge in [-0.25, -0.2) is 0 Å². The molecule has 0 radical (unpaired) electrons. The van der Waals surface area contributed by atoms with Crippen LogP contribution >= 0.6 is 34.8 Å². The van der Waals surface area contributed by atoms with Crippen molar-refractivity contribution in [3.05, 3.63) is 50.7 Å². The van der Waals surface area contributed by atoms with Crippen LogP contribution in [0.5, 0.6) is 0 Å². The summed E-state index contributed by atoms with van der Waals surface area (Å²) in [6.07, 6.45) is 0. The van der Waals surface area contributed by atoms with E-state index in [-0.39, 0.29) is 16.6 Å². The van der Waals surface area contributed by atoms with Gasteiger partial charge in [0.2, 0.25) is 0 Å². The van der Waals surface area contributed by atoms with Crippen molar-refractivity contribution in [2.75, 3.05) is 5.88 Å². The second kappa shape index (κ2) is 5.35. The molecule has 0 aliphatic heterocycles. The summed E-state index contributed by atoms with van der Waals surface area (Å²) in [7, 11) is 0. The van der Waals surface area contributed by atoms with Crippen molar-refractivity contribution in [3.63, 3.8) is 0 Å². The molecule has 80 valence electrons. The first kappa shape index (κ1) is 12.3. The summed E-state index contributed by atoms with van der Waals surface area (Å²) in [4.78, 5) is 9.98. The number of alkyl halides is 1. The number of hydrogen-bond donors (Lipinski definition) is 0. The minimum Gasteiger partial charge on any atom is -0.259 e. The van der Waals surface area contributed by atoms with Crippen LogP contribution in [0.4, 0.5) is 0 Å². The topological polar surface area (TPSA) is 43.1 Å². The molecule has 0 amide bonds. The molecular weight excluding hydrogens is 260 g/mol. The zero-order valence-electron chi connectivity index (χ0n) is 7.41. The van der Waals surface area contributed by atoms with Crippen molar-refractivity contribution in [1.82, 2.24) is 0 Å². The van der Waals surface area contributed by atoms with Crippen molar-refractivity contribution >= 4 is 39.8 Å². The standard InChI is InChI=1S/C9H6Cl3NO2/c10-5-8(13(14)15)9(12)6-2-1-3-7(11)4-6/h1-4H,5H2. The Balaban J connectivity index is 3.22. The zero-order chi connectivity index (χ0) is 11.4. The van der Waals surface area contributed by atoms with Crippen LogP contribution in [0, 0.1) is 10.1 Å². The minimum atomic E-state index is -0.601. The van der Waals surface area contributed by atoms with Crippen LogP contribution in [0.2, 0.25) is 5.02 Å². The smallest absolute Gasteiger partial charge is 0.259 e. The molecule has 0 fully saturated rings. The van der Waals surface area contributed by atoms with Gasteiger partial charge in [0.25, 0.3) is 5.70 Å². The van der Waals surface area contributed by atoms with E-state index in [0.717, 1.165) is 0 Å². The molecule has 15 heavy (non-hydrogen) atoms. The Morgan fingerprint density at radius 2 is 2.13 bits per heavy atom. The third-order valence-corrected chi connectivity index (χ3v) is 2.60. The van der Waals surface area contributed by atoms with Gasteiger partial charge in [-0.1, -0.05) is 35.3 Å².